The quantitative estimate of drug-likeness (QED) is 0.482. The van der Waals surface area contributed by atoms with Crippen LogP contribution in [0.1, 0.15) is 44.9 Å². The SMILES string of the molecule is C1#[N+]C2(CC1)CCCCC2. The summed E-state index contributed by atoms with van der Waals surface area (Å²) in [5.41, 5.74) is 0.387. The summed E-state index contributed by atoms with van der Waals surface area (Å²) in [6.45, 7) is 0. The van der Waals surface area contributed by atoms with Gasteiger partial charge in [-0.05, 0) is 12.8 Å². The third-order valence-electron chi connectivity index (χ3n) is 2.80. The zero-order valence-electron chi connectivity index (χ0n) is 6.40. The molecule has 1 spiro atoms. The molecule has 2 aliphatic rings. The molecule has 0 radical (unpaired) electrons. The van der Waals surface area contributed by atoms with Crippen molar-refractivity contribution in [3.05, 3.63) is 4.85 Å². The van der Waals surface area contributed by atoms with Crippen molar-refractivity contribution in [1.29, 1.82) is 0 Å². The van der Waals surface area contributed by atoms with Crippen LogP contribution in [0.3, 0.4) is 0 Å². The number of rotatable bonds is 0. The van der Waals surface area contributed by atoms with Gasteiger partial charge in [0.05, 0.1) is 6.42 Å². The van der Waals surface area contributed by atoms with Crippen molar-refractivity contribution in [1.82, 2.24) is 0 Å². The second-order valence-electron chi connectivity index (χ2n) is 3.55. The predicted octanol–water partition coefficient (Wildman–Crippen LogP) is 2.82. The maximum Gasteiger partial charge on any atom is 0.282 e. The van der Waals surface area contributed by atoms with Gasteiger partial charge in [-0.3, -0.25) is 0 Å². The van der Waals surface area contributed by atoms with Crippen LogP contribution in [0.2, 0.25) is 0 Å². The fourth-order valence-corrected chi connectivity index (χ4v) is 2.14. The zero-order valence-corrected chi connectivity index (χ0v) is 6.40. The van der Waals surface area contributed by atoms with Gasteiger partial charge in [0.25, 0.3) is 11.6 Å². The van der Waals surface area contributed by atoms with Gasteiger partial charge in [0.2, 0.25) is 0 Å². The molecule has 10 heavy (non-hydrogen) atoms. The standard InChI is InChI=1S/C9H14N/c1-2-5-9(6-3-1)7-4-8-10-9/h1-7H2/q+1. The minimum absolute atomic E-state index is 0.387. The molecule has 0 unspecified atom stereocenters. The fraction of sp³-hybridized carbons (Fsp3) is 0.889. The summed E-state index contributed by atoms with van der Waals surface area (Å²) >= 11 is 0. The Morgan fingerprint density at radius 1 is 1.00 bits per heavy atom. The summed E-state index contributed by atoms with van der Waals surface area (Å²) < 4.78 is 0. The van der Waals surface area contributed by atoms with Crippen LogP contribution < -0.4 is 0 Å². The summed E-state index contributed by atoms with van der Waals surface area (Å²) in [6.07, 6.45) is 9.28. The van der Waals surface area contributed by atoms with Crippen molar-refractivity contribution in [2.24, 2.45) is 0 Å². The normalized spacial score (nSPS) is 28.0. The molecule has 1 heterocycles. The summed E-state index contributed by atoms with van der Waals surface area (Å²) in [5.74, 6) is 0. The van der Waals surface area contributed by atoms with Crippen LogP contribution in [-0.4, -0.2) is 5.54 Å². The zero-order chi connectivity index (χ0) is 6.86. The molecule has 54 valence electrons. The third kappa shape index (κ3) is 0.923. The van der Waals surface area contributed by atoms with Crippen LogP contribution in [0.15, 0.2) is 0 Å². The van der Waals surface area contributed by atoms with Crippen molar-refractivity contribution in [2.75, 3.05) is 0 Å². The highest BCUT2D eigenvalue weighted by Gasteiger charge is 2.44. The van der Waals surface area contributed by atoms with Crippen molar-refractivity contribution in [3.8, 4) is 6.07 Å². The van der Waals surface area contributed by atoms with E-state index in [2.05, 4.69) is 10.9 Å². The van der Waals surface area contributed by atoms with Gasteiger partial charge in [-0.25, -0.2) is 0 Å². The molecular formula is C9H14N+. The smallest absolute Gasteiger partial charge is 0.0771 e. The average Bonchev–Trinajstić information content (AvgIpc) is 2.39. The van der Waals surface area contributed by atoms with E-state index in [0.717, 1.165) is 6.42 Å². The first kappa shape index (κ1) is 6.22. The lowest BCUT2D eigenvalue weighted by atomic mass is 9.80. The van der Waals surface area contributed by atoms with E-state index >= 15 is 0 Å². The first-order chi connectivity index (χ1) is 4.91. The van der Waals surface area contributed by atoms with Crippen LogP contribution in [0.4, 0.5) is 0 Å². The third-order valence-corrected chi connectivity index (χ3v) is 2.80. The van der Waals surface area contributed by atoms with Gasteiger partial charge in [-0.15, -0.1) is 0 Å². The predicted molar refractivity (Wildman–Crippen MR) is 42.3 cm³/mol. The molecule has 0 bridgehead atoms. The highest BCUT2D eigenvalue weighted by atomic mass is 14.8. The molecular weight excluding hydrogens is 122 g/mol. The Hall–Kier alpha value is -0.510. The van der Waals surface area contributed by atoms with E-state index in [0.29, 0.717) is 5.54 Å². The number of hydrogen-bond donors (Lipinski definition) is 0. The summed E-state index contributed by atoms with van der Waals surface area (Å²) in [6, 6.07) is 3.11. The maximum atomic E-state index is 4.48. The molecule has 0 N–H and O–H groups in total. The van der Waals surface area contributed by atoms with Crippen LogP contribution in [0.25, 0.3) is 4.85 Å². The molecule has 0 aromatic heterocycles. The lowest BCUT2D eigenvalue weighted by molar-refractivity contribution is 0.340. The molecule has 0 saturated heterocycles. The van der Waals surface area contributed by atoms with E-state index in [4.69, 9.17) is 0 Å². The molecule has 1 saturated carbocycles. The number of hydrogen-bond acceptors (Lipinski definition) is 0. The van der Waals surface area contributed by atoms with Gasteiger partial charge in [0.15, 0.2) is 0 Å². The molecule has 2 rings (SSSR count). The first-order valence-electron chi connectivity index (χ1n) is 4.36. The molecule has 0 amide bonds. The Balaban J connectivity index is 2.08. The Bertz CT molecular complexity index is 179. The summed E-state index contributed by atoms with van der Waals surface area (Å²) in [7, 11) is 0. The Morgan fingerprint density at radius 2 is 1.80 bits per heavy atom. The average molecular weight is 136 g/mol. The fourth-order valence-electron chi connectivity index (χ4n) is 2.14. The van der Waals surface area contributed by atoms with Crippen molar-refractivity contribution < 1.29 is 0 Å². The van der Waals surface area contributed by atoms with Gasteiger partial charge in [-0.2, -0.15) is 0 Å². The minimum atomic E-state index is 0.387. The molecule has 1 aliphatic carbocycles. The minimum Gasteiger partial charge on any atom is -0.0771 e. The van der Waals surface area contributed by atoms with Gasteiger partial charge in [-0.1, -0.05) is 11.3 Å². The lowest BCUT2D eigenvalue weighted by Gasteiger charge is -2.19. The highest BCUT2D eigenvalue weighted by Crippen LogP contribution is 2.38. The molecule has 1 fully saturated rings. The van der Waals surface area contributed by atoms with Crippen LogP contribution in [0.5, 0.6) is 0 Å². The summed E-state index contributed by atoms with van der Waals surface area (Å²) in [5, 5.41) is 0. The van der Waals surface area contributed by atoms with Crippen LogP contribution in [-0.2, 0) is 0 Å². The molecule has 0 aromatic rings. The van der Waals surface area contributed by atoms with E-state index in [-0.39, 0.29) is 0 Å². The molecule has 0 atom stereocenters. The van der Waals surface area contributed by atoms with Gasteiger partial charge >= 0.3 is 0 Å². The molecule has 1 heteroatoms. The van der Waals surface area contributed by atoms with Gasteiger partial charge in [0, 0.05) is 19.3 Å². The van der Waals surface area contributed by atoms with E-state index in [1.165, 1.54) is 38.5 Å². The highest BCUT2D eigenvalue weighted by molar-refractivity contribution is 5.13. The van der Waals surface area contributed by atoms with Crippen molar-refractivity contribution in [3.63, 3.8) is 0 Å². The van der Waals surface area contributed by atoms with E-state index in [1.54, 1.807) is 0 Å². The van der Waals surface area contributed by atoms with E-state index < -0.39 is 0 Å². The second kappa shape index (κ2) is 2.27. The van der Waals surface area contributed by atoms with Crippen LogP contribution >= 0.6 is 0 Å². The Labute approximate surface area is 62.2 Å². The maximum absolute atomic E-state index is 4.48. The second-order valence-corrected chi connectivity index (χ2v) is 3.55. The molecule has 1 nitrogen and oxygen atoms in total. The monoisotopic (exact) mass is 136 g/mol. The molecule has 0 aromatic carbocycles. The van der Waals surface area contributed by atoms with Gasteiger partial charge in [0.1, 0.15) is 0 Å². The topological polar surface area (TPSA) is 4.36 Å². The lowest BCUT2D eigenvalue weighted by Crippen LogP contribution is -2.25. The van der Waals surface area contributed by atoms with Crippen LogP contribution in [0, 0.1) is 6.07 Å². The van der Waals surface area contributed by atoms with E-state index in [1.807, 2.05) is 0 Å². The van der Waals surface area contributed by atoms with Crippen molar-refractivity contribution in [2.45, 2.75) is 50.5 Å². The number of nitrogens with zero attached hydrogens (tertiary/aromatic N) is 1. The van der Waals surface area contributed by atoms with Gasteiger partial charge < -0.3 is 0 Å². The summed E-state index contributed by atoms with van der Waals surface area (Å²) in [4.78, 5) is 4.48. The Kier molecular flexibility index (Phi) is 1.41. The van der Waals surface area contributed by atoms with E-state index in [9.17, 15) is 0 Å². The molecule has 1 aliphatic heterocycles. The van der Waals surface area contributed by atoms with Crippen molar-refractivity contribution >= 4 is 0 Å². The first-order valence-corrected chi connectivity index (χ1v) is 4.36. The Morgan fingerprint density at radius 3 is 2.40 bits per heavy atom. The largest absolute Gasteiger partial charge is 0.282 e.